The fourth-order valence-corrected chi connectivity index (χ4v) is 10.8. The van der Waals surface area contributed by atoms with Crippen molar-refractivity contribution < 1.29 is 18.9 Å². The Labute approximate surface area is 237 Å². The van der Waals surface area contributed by atoms with E-state index in [1.165, 1.54) is 51.4 Å². The number of rotatable bonds is 18. The minimum absolute atomic E-state index is 0.0778. The maximum atomic E-state index is 6.53. The van der Waals surface area contributed by atoms with Gasteiger partial charge in [-0.1, -0.05) is 94.7 Å². The van der Waals surface area contributed by atoms with Gasteiger partial charge in [-0.3, -0.25) is 0 Å². The van der Waals surface area contributed by atoms with Crippen molar-refractivity contribution in [3.8, 4) is 17.2 Å². The summed E-state index contributed by atoms with van der Waals surface area (Å²) in [5, 5.41) is 3.43. The lowest BCUT2D eigenvalue weighted by Crippen LogP contribution is -2.41. The van der Waals surface area contributed by atoms with E-state index >= 15 is 0 Å². The minimum atomic E-state index is -2.50. The summed E-state index contributed by atoms with van der Waals surface area (Å²) in [4.78, 5) is 0. The zero-order valence-electron chi connectivity index (χ0n) is 24.7. The Morgan fingerprint density at radius 1 is 0.513 bits per heavy atom. The highest BCUT2D eigenvalue weighted by atomic mass is 31.2. The number of unbranched alkanes of at least 4 members (excludes halogenated alkanes) is 8. The standard InChI is InChI=1S/C34H48O4P/c1-6-7-8-9-10-11-12-13-14-27-34(38-5)39(31-24-18-15-21-28(31)35-2,32-25-19-16-22-29(32)36-3)33-26-20-17-23-30(33)37-4/h15-26,34H,6-14,27H2,1-5H3/q+1. The fraction of sp³-hybridized carbons (Fsp3) is 0.471. The highest BCUT2D eigenvalue weighted by Crippen LogP contribution is 2.65. The smallest absolute Gasteiger partial charge is 0.181 e. The molecule has 0 aliphatic rings. The molecule has 0 amide bonds. The lowest BCUT2D eigenvalue weighted by atomic mass is 10.1. The summed E-state index contributed by atoms with van der Waals surface area (Å²) in [5.41, 5.74) is 0. The van der Waals surface area contributed by atoms with Crippen LogP contribution in [0.3, 0.4) is 0 Å². The lowest BCUT2D eigenvalue weighted by molar-refractivity contribution is 0.158. The average Bonchev–Trinajstić information content (AvgIpc) is 3.00. The van der Waals surface area contributed by atoms with E-state index in [-0.39, 0.29) is 5.85 Å². The monoisotopic (exact) mass is 551 g/mol. The number of methoxy groups -OCH3 is 4. The molecule has 3 aromatic carbocycles. The second-order valence-corrected chi connectivity index (χ2v) is 13.5. The van der Waals surface area contributed by atoms with Gasteiger partial charge in [0.2, 0.25) is 0 Å². The largest absolute Gasteiger partial charge is 0.493 e. The van der Waals surface area contributed by atoms with Gasteiger partial charge in [0.15, 0.2) is 30.4 Å². The molecule has 1 atom stereocenters. The SMILES string of the molecule is CCCCCCCCCCCC(OC)[P+](c1ccccc1OC)(c1ccccc1OC)c1ccccc1OC. The molecule has 39 heavy (non-hydrogen) atoms. The molecule has 3 aromatic rings. The molecular weight excluding hydrogens is 503 g/mol. The van der Waals surface area contributed by atoms with E-state index in [0.29, 0.717) is 0 Å². The van der Waals surface area contributed by atoms with Crippen molar-refractivity contribution in [2.45, 2.75) is 77.0 Å². The van der Waals surface area contributed by atoms with Crippen molar-refractivity contribution in [1.82, 2.24) is 0 Å². The summed E-state index contributed by atoms with van der Waals surface area (Å²) in [6, 6.07) is 25.2. The van der Waals surface area contributed by atoms with Gasteiger partial charge in [-0.05, 0) is 42.8 Å². The molecule has 0 aromatic heterocycles. The zero-order chi connectivity index (χ0) is 27.9. The van der Waals surface area contributed by atoms with Crippen molar-refractivity contribution in [2.75, 3.05) is 28.4 Å². The average molecular weight is 552 g/mol. The maximum Gasteiger partial charge on any atom is 0.181 e. The van der Waals surface area contributed by atoms with Gasteiger partial charge in [-0.15, -0.1) is 0 Å². The second kappa shape index (κ2) is 16.5. The molecule has 0 N–H and O–H groups in total. The Bertz CT molecular complexity index is 1000. The summed E-state index contributed by atoms with van der Waals surface area (Å²) < 4.78 is 24.6. The first-order chi connectivity index (χ1) is 19.2. The second-order valence-electron chi connectivity index (χ2n) is 10.0. The van der Waals surface area contributed by atoms with Crippen LogP contribution in [0.4, 0.5) is 0 Å². The Balaban J connectivity index is 2.09. The molecular formula is C34H48O4P+. The highest BCUT2D eigenvalue weighted by molar-refractivity contribution is 7.96. The minimum Gasteiger partial charge on any atom is -0.493 e. The van der Waals surface area contributed by atoms with E-state index in [1.807, 2.05) is 25.3 Å². The van der Waals surface area contributed by atoms with Crippen LogP contribution >= 0.6 is 7.26 Å². The molecule has 5 heteroatoms. The lowest BCUT2D eigenvalue weighted by Gasteiger charge is -2.35. The third kappa shape index (κ3) is 7.35. The molecule has 0 spiro atoms. The van der Waals surface area contributed by atoms with Gasteiger partial charge in [0, 0.05) is 13.5 Å². The van der Waals surface area contributed by atoms with Crippen LogP contribution < -0.4 is 30.1 Å². The van der Waals surface area contributed by atoms with Crippen LogP contribution in [0.2, 0.25) is 0 Å². The number of hydrogen-bond donors (Lipinski definition) is 0. The quantitative estimate of drug-likeness (QED) is 0.119. The molecule has 0 fully saturated rings. The molecule has 1 unspecified atom stereocenters. The maximum absolute atomic E-state index is 6.53. The van der Waals surface area contributed by atoms with Crippen LogP contribution in [0.1, 0.15) is 71.1 Å². The molecule has 3 rings (SSSR count). The van der Waals surface area contributed by atoms with E-state index in [2.05, 4.69) is 61.5 Å². The van der Waals surface area contributed by atoms with Crippen LogP contribution in [0.5, 0.6) is 17.2 Å². The van der Waals surface area contributed by atoms with Crippen LogP contribution in [0, 0.1) is 0 Å². The molecule has 0 bridgehead atoms. The zero-order valence-corrected chi connectivity index (χ0v) is 25.6. The first-order valence-corrected chi connectivity index (χ1v) is 16.4. The van der Waals surface area contributed by atoms with E-state index < -0.39 is 7.26 Å². The van der Waals surface area contributed by atoms with Crippen molar-refractivity contribution in [1.29, 1.82) is 0 Å². The predicted molar refractivity (Wildman–Crippen MR) is 167 cm³/mol. The molecule has 4 nitrogen and oxygen atoms in total. The predicted octanol–water partition coefficient (Wildman–Crippen LogP) is 7.90. The molecule has 0 heterocycles. The number of para-hydroxylation sites is 3. The fourth-order valence-electron chi connectivity index (χ4n) is 5.72. The summed E-state index contributed by atoms with van der Waals surface area (Å²) in [6.45, 7) is 2.27. The van der Waals surface area contributed by atoms with E-state index in [0.717, 1.165) is 46.0 Å². The summed E-state index contributed by atoms with van der Waals surface area (Å²) >= 11 is 0. The van der Waals surface area contributed by atoms with Gasteiger partial charge in [-0.25, -0.2) is 0 Å². The number of benzene rings is 3. The van der Waals surface area contributed by atoms with Gasteiger partial charge in [-0.2, -0.15) is 0 Å². The first-order valence-electron chi connectivity index (χ1n) is 14.5. The summed E-state index contributed by atoms with van der Waals surface area (Å²) in [7, 11) is 4.61. The van der Waals surface area contributed by atoms with Crippen LogP contribution in [-0.4, -0.2) is 34.3 Å². The van der Waals surface area contributed by atoms with Gasteiger partial charge in [0.05, 0.1) is 21.3 Å². The third-order valence-corrected chi connectivity index (χ3v) is 12.4. The molecule has 0 saturated carbocycles. The Morgan fingerprint density at radius 3 is 1.23 bits per heavy atom. The van der Waals surface area contributed by atoms with E-state index in [9.17, 15) is 0 Å². The molecule has 0 aliphatic carbocycles. The summed E-state index contributed by atoms with van der Waals surface area (Å²) in [5.74, 6) is 2.50. The van der Waals surface area contributed by atoms with Crippen LogP contribution in [0.25, 0.3) is 0 Å². The van der Waals surface area contributed by atoms with Gasteiger partial charge in [0.25, 0.3) is 0 Å². The van der Waals surface area contributed by atoms with Crippen molar-refractivity contribution in [3.63, 3.8) is 0 Å². The first kappa shape index (κ1) is 31.0. The third-order valence-electron chi connectivity index (χ3n) is 7.65. The molecule has 212 valence electrons. The summed E-state index contributed by atoms with van der Waals surface area (Å²) in [6.07, 6.45) is 12.6. The number of hydrogen-bond acceptors (Lipinski definition) is 4. The van der Waals surface area contributed by atoms with Gasteiger partial charge in [0.1, 0.15) is 15.9 Å². The van der Waals surface area contributed by atoms with E-state index in [4.69, 9.17) is 18.9 Å². The van der Waals surface area contributed by atoms with Crippen molar-refractivity contribution in [3.05, 3.63) is 72.8 Å². The Kier molecular flexibility index (Phi) is 13.1. The van der Waals surface area contributed by atoms with Gasteiger partial charge >= 0.3 is 0 Å². The van der Waals surface area contributed by atoms with Gasteiger partial charge < -0.3 is 18.9 Å². The molecule has 0 aliphatic heterocycles. The van der Waals surface area contributed by atoms with Crippen molar-refractivity contribution >= 4 is 23.2 Å². The van der Waals surface area contributed by atoms with Crippen LogP contribution in [-0.2, 0) is 4.74 Å². The highest BCUT2D eigenvalue weighted by Gasteiger charge is 2.57. The van der Waals surface area contributed by atoms with E-state index in [1.54, 1.807) is 21.3 Å². The Morgan fingerprint density at radius 2 is 0.872 bits per heavy atom. The number of ether oxygens (including phenoxy) is 4. The normalized spacial score (nSPS) is 12.2. The topological polar surface area (TPSA) is 36.9 Å². The molecule has 0 saturated heterocycles. The van der Waals surface area contributed by atoms with Crippen LogP contribution in [0.15, 0.2) is 72.8 Å². The molecule has 0 radical (unpaired) electrons. The van der Waals surface area contributed by atoms with Crippen molar-refractivity contribution in [2.24, 2.45) is 0 Å². The Hall–Kier alpha value is -2.55.